The summed E-state index contributed by atoms with van der Waals surface area (Å²) in [6.45, 7) is 2.99. The Kier molecular flexibility index (Phi) is 7.62. The number of aromatic nitrogens is 2. The molecule has 1 aromatic carbocycles. The van der Waals surface area contributed by atoms with Crippen LogP contribution in [-0.4, -0.2) is 28.8 Å². The van der Waals surface area contributed by atoms with Gasteiger partial charge >= 0.3 is 0 Å². The molecule has 0 bridgehead atoms. The van der Waals surface area contributed by atoms with E-state index in [0.717, 1.165) is 17.3 Å². The van der Waals surface area contributed by atoms with E-state index in [4.69, 9.17) is 11.6 Å². The Balaban J connectivity index is 1.46. The van der Waals surface area contributed by atoms with Crippen LogP contribution in [0.15, 0.2) is 18.2 Å². The van der Waals surface area contributed by atoms with Gasteiger partial charge in [-0.25, -0.2) is 23.1 Å². The summed E-state index contributed by atoms with van der Waals surface area (Å²) in [6.07, 6.45) is 0.308. The van der Waals surface area contributed by atoms with Crippen LogP contribution in [0.1, 0.15) is 67.5 Å². The van der Waals surface area contributed by atoms with Crippen molar-refractivity contribution in [3.63, 3.8) is 0 Å². The quantitative estimate of drug-likeness (QED) is 0.471. The number of fused-ring (bicyclic) bond motifs is 1. The molecule has 2 aliphatic rings. The maximum atomic E-state index is 14.6. The smallest absolute Gasteiger partial charge is 0.266 e. The SMILES string of the molecule is C[C@@H](Nc1nc(Cl)nc2c1CC(CCC(=O)C1(C#N)CCNCC1)C2)c1cccc(C(F)F)c1F. The van der Waals surface area contributed by atoms with Gasteiger partial charge in [0.1, 0.15) is 17.1 Å². The lowest BCUT2D eigenvalue weighted by Gasteiger charge is -2.30. The molecule has 1 aliphatic carbocycles. The van der Waals surface area contributed by atoms with Gasteiger partial charge in [0.2, 0.25) is 5.28 Å². The third-order valence-corrected chi connectivity index (χ3v) is 7.31. The van der Waals surface area contributed by atoms with E-state index in [-0.39, 0.29) is 22.5 Å². The molecule has 186 valence electrons. The zero-order valence-corrected chi connectivity index (χ0v) is 20.1. The number of nitriles is 1. The van der Waals surface area contributed by atoms with Gasteiger partial charge in [-0.1, -0.05) is 18.2 Å². The summed E-state index contributed by atoms with van der Waals surface area (Å²) in [6, 6.07) is 5.56. The second-order valence-corrected chi connectivity index (χ2v) is 9.70. The highest BCUT2D eigenvalue weighted by Gasteiger charge is 2.39. The fourth-order valence-corrected chi connectivity index (χ4v) is 5.26. The molecule has 2 atom stereocenters. The van der Waals surface area contributed by atoms with Crippen molar-refractivity contribution >= 4 is 23.2 Å². The first kappa shape index (κ1) is 25.4. The molecule has 1 fully saturated rings. The van der Waals surface area contributed by atoms with Crippen LogP contribution in [-0.2, 0) is 17.6 Å². The molecule has 2 heterocycles. The average molecular weight is 506 g/mol. The molecule has 35 heavy (non-hydrogen) atoms. The van der Waals surface area contributed by atoms with E-state index in [2.05, 4.69) is 26.7 Å². The number of hydrogen-bond acceptors (Lipinski definition) is 6. The van der Waals surface area contributed by atoms with E-state index < -0.39 is 29.3 Å². The third-order valence-electron chi connectivity index (χ3n) is 7.14. The molecule has 2 N–H and O–H groups in total. The normalized spacial score (nSPS) is 19.7. The lowest BCUT2D eigenvalue weighted by molar-refractivity contribution is -0.127. The first-order valence-corrected chi connectivity index (χ1v) is 12.2. The predicted octanol–water partition coefficient (Wildman–Crippen LogP) is 5.34. The zero-order chi connectivity index (χ0) is 25.2. The number of nitrogens with zero attached hydrogens (tertiary/aromatic N) is 3. The third kappa shape index (κ3) is 5.29. The highest BCUT2D eigenvalue weighted by molar-refractivity contribution is 6.28. The Bertz CT molecular complexity index is 1150. The largest absolute Gasteiger partial charge is 0.363 e. The summed E-state index contributed by atoms with van der Waals surface area (Å²) in [5, 5.41) is 16.0. The molecule has 0 saturated carbocycles. The minimum Gasteiger partial charge on any atom is -0.363 e. The maximum Gasteiger partial charge on any atom is 0.266 e. The number of ketones is 1. The summed E-state index contributed by atoms with van der Waals surface area (Å²) >= 11 is 6.14. The number of hydrogen-bond donors (Lipinski definition) is 2. The molecule has 1 saturated heterocycles. The van der Waals surface area contributed by atoms with Gasteiger partial charge in [-0.3, -0.25) is 4.79 Å². The minimum absolute atomic E-state index is 0.0112. The Morgan fingerprint density at radius 1 is 1.29 bits per heavy atom. The van der Waals surface area contributed by atoms with E-state index in [1.165, 1.54) is 12.1 Å². The molecule has 0 spiro atoms. The molecule has 0 amide bonds. The monoisotopic (exact) mass is 505 g/mol. The van der Waals surface area contributed by atoms with Gasteiger partial charge in [0, 0.05) is 17.5 Å². The van der Waals surface area contributed by atoms with Crippen LogP contribution in [0, 0.1) is 28.5 Å². The van der Waals surface area contributed by atoms with E-state index in [1.807, 2.05) is 0 Å². The van der Waals surface area contributed by atoms with Gasteiger partial charge in [0.15, 0.2) is 5.78 Å². The zero-order valence-electron chi connectivity index (χ0n) is 19.4. The molecule has 6 nitrogen and oxygen atoms in total. The van der Waals surface area contributed by atoms with Gasteiger partial charge < -0.3 is 10.6 Å². The Morgan fingerprint density at radius 3 is 2.69 bits per heavy atom. The average Bonchev–Trinajstić information content (AvgIpc) is 3.25. The second-order valence-electron chi connectivity index (χ2n) is 9.36. The van der Waals surface area contributed by atoms with Gasteiger partial charge in [-0.2, -0.15) is 5.26 Å². The first-order chi connectivity index (χ1) is 16.7. The number of carbonyl (C=O) groups is 1. The van der Waals surface area contributed by atoms with Gasteiger partial charge in [-0.15, -0.1) is 0 Å². The summed E-state index contributed by atoms with van der Waals surface area (Å²) in [7, 11) is 0. The van der Waals surface area contributed by atoms with Crippen LogP contribution in [0.4, 0.5) is 19.0 Å². The van der Waals surface area contributed by atoms with Crippen LogP contribution in [0.2, 0.25) is 5.28 Å². The Hall–Kier alpha value is -2.70. The Labute approximate surface area is 207 Å². The van der Waals surface area contributed by atoms with Crippen LogP contribution < -0.4 is 10.6 Å². The number of nitrogens with one attached hydrogen (secondary N) is 2. The minimum atomic E-state index is -2.91. The van der Waals surface area contributed by atoms with Gasteiger partial charge in [-0.05, 0) is 69.6 Å². The van der Waals surface area contributed by atoms with Crippen molar-refractivity contribution in [3.8, 4) is 6.07 Å². The van der Waals surface area contributed by atoms with Crippen LogP contribution in [0.5, 0.6) is 0 Å². The van der Waals surface area contributed by atoms with Crippen molar-refractivity contribution in [1.29, 1.82) is 5.26 Å². The molecule has 10 heteroatoms. The number of piperidine rings is 1. The van der Waals surface area contributed by atoms with E-state index >= 15 is 0 Å². The number of benzene rings is 1. The van der Waals surface area contributed by atoms with Crippen molar-refractivity contribution in [3.05, 3.63) is 51.7 Å². The number of Topliss-reactive ketones (excluding diaryl/α,β-unsaturated/α-hetero) is 1. The summed E-state index contributed by atoms with van der Waals surface area (Å²) in [5.74, 6) is -0.382. The summed E-state index contributed by atoms with van der Waals surface area (Å²) < 4.78 is 40.9. The second kappa shape index (κ2) is 10.5. The predicted molar refractivity (Wildman–Crippen MR) is 126 cm³/mol. The highest BCUT2D eigenvalue weighted by atomic mass is 35.5. The fraction of sp³-hybridized carbons (Fsp3) is 0.520. The van der Waals surface area contributed by atoms with Crippen molar-refractivity contribution in [2.24, 2.45) is 11.3 Å². The highest BCUT2D eigenvalue weighted by Crippen LogP contribution is 2.37. The fourth-order valence-electron chi connectivity index (χ4n) is 5.08. The molecule has 4 rings (SSSR count). The van der Waals surface area contributed by atoms with Gasteiger partial charge in [0.05, 0.1) is 23.4 Å². The maximum absolute atomic E-state index is 14.6. The molecule has 1 aromatic heterocycles. The molecule has 2 aromatic rings. The molecule has 1 aliphatic heterocycles. The van der Waals surface area contributed by atoms with Crippen molar-refractivity contribution in [2.75, 3.05) is 18.4 Å². The summed E-state index contributed by atoms with van der Waals surface area (Å²) in [5.41, 5.74) is 0.154. The number of rotatable bonds is 8. The van der Waals surface area contributed by atoms with E-state index in [9.17, 15) is 23.2 Å². The standard InChI is InChI=1S/C25H27ClF3N5O/c1-14(16-3-2-4-17(21(16)27)22(28)29)32-23-18-11-15(12-19(18)33-24(26)34-23)5-6-20(35)25(13-30)7-9-31-10-8-25/h2-4,14-15,22,31H,5-12H2,1H3,(H,32,33,34)/t14-,15?/m1/s1. The van der Waals surface area contributed by atoms with Crippen molar-refractivity contribution in [1.82, 2.24) is 15.3 Å². The van der Waals surface area contributed by atoms with Crippen molar-refractivity contribution in [2.45, 2.75) is 57.9 Å². The molecule has 1 unspecified atom stereocenters. The van der Waals surface area contributed by atoms with Crippen LogP contribution in [0.3, 0.4) is 0 Å². The Morgan fingerprint density at radius 2 is 2.00 bits per heavy atom. The number of anilines is 1. The molecular weight excluding hydrogens is 479 g/mol. The lowest BCUT2D eigenvalue weighted by Crippen LogP contribution is -2.41. The lowest BCUT2D eigenvalue weighted by atomic mass is 9.74. The first-order valence-electron chi connectivity index (χ1n) is 11.8. The number of halogens is 4. The van der Waals surface area contributed by atoms with Gasteiger partial charge in [0.25, 0.3) is 6.43 Å². The topological polar surface area (TPSA) is 90.7 Å². The molecule has 0 radical (unpaired) electrons. The van der Waals surface area contributed by atoms with Crippen molar-refractivity contribution < 1.29 is 18.0 Å². The summed E-state index contributed by atoms with van der Waals surface area (Å²) in [4.78, 5) is 21.5. The van der Waals surface area contributed by atoms with Crippen LogP contribution in [0.25, 0.3) is 0 Å². The molecular formula is C25H27ClF3N5O. The van der Waals surface area contributed by atoms with E-state index in [1.54, 1.807) is 6.92 Å². The van der Waals surface area contributed by atoms with E-state index in [0.29, 0.717) is 57.4 Å². The number of alkyl halides is 2. The van der Waals surface area contributed by atoms with Crippen LogP contribution >= 0.6 is 11.6 Å². The number of carbonyl (C=O) groups excluding carboxylic acids is 1.